The smallest absolute Gasteiger partial charge is 0.0716 e. The van der Waals surface area contributed by atoms with Crippen molar-refractivity contribution in [1.29, 1.82) is 0 Å². The van der Waals surface area contributed by atoms with Crippen LogP contribution in [0.25, 0.3) is 0 Å². The largest absolute Gasteiger partial charge is 0.391 e. The van der Waals surface area contributed by atoms with Gasteiger partial charge in [-0.2, -0.15) is 0 Å². The predicted octanol–water partition coefficient (Wildman–Crippen LogP) is 0.981. The van der Waals surface area contributed by atoms with Gasteiger partial charge in [0.2, 0.25) is 0 Å². The summed E-state index contributed by atoms with van der Waals surface area (Å²) >= 11 is 0. The monoisotopic (exact) mass is 226 g/mol. The van der Waals surface area contributed by atoms with Crippen LogP contribution in [-0.2, 0) is 0 Å². The molecule has 0 aromatic rings. The first-order valence-corrected chi connectivity index (χ1v) is 6.79. The van der Waals surface area contributed by atoms with Gasteiger partial charge in [-0.3, -0.25) is 0 Å². The first kappa shape index (κ1) is 12.3. The lowest BCUT2D eigenvalue weighted by Crippen LogP contribution is -2.43. The normalized spacial score (nSPS) is 44.8. The summed E-state index contributed by atoms with van der Waals surface area (Å²) in [6.07, 6.45) is 3.86. The van der Waals surface area contributed by atoms with E-state index in [2.05, 4.69) is 24.5 Å². The van der Waals surface area contributed by atoms with Gasteiger partial charge in [-0.1, -0.05) is 13.8 Å². The third-order valence-corrected chi connectivity index (χ3v) is 4.38. The Balaban J connectivity index is 1.73. The maximum Gasteiger partial charge on any atom is 0.0716 e. The predicted molar refractivity (Wildman–Crippen MR) is 66.3 cm³/mol. The van der Waals surface area contributed by atoms with Crippen molar-refractivity contribution in [2.45, 2.75) is 45.3 Å². The quantitative estimate of drug-likeness (QED) is 0.672. The fourth-order valence-corrected chi connectivity index (χ4v) is 3.20. The molecule has 16 heavy (non-hydrogen) atoms. The standard InChI is InChI=1S/C13H26N2O/c1-9-3-4-12(10(2)5-9)15-7-11-6-14-8-13(11)16/h9-16H,3-8H2,1-2H3. The summed E-state index contributed by atoms with van der Waals surface area (Å²) in [5, 5.41) is 16.6. The highest BCUT2D eigenvalue weighted by molar-refractivity contribution is 4.86. The van der Waals surface area contributed by atoms with Gasteiger partial charge in [0.15, 0.2) is 0 Å². The van der Waals surface area contributed by atoms with Gasteiger partial charge in [0.1, 0.15) is 0 Å². The van der Waals surface area contributed by atoms with E-state index in [1.807, 2.05) is 0 Å². The molecule has 1 heterocycles. The van der Waals surface area contributed by atoms with Gasteiger partial charge >= 0.3 is 0 Å². The van der Waals surface area contributed by atoms with Crippen LogP contribution < -0.4 is 10.6 Å². The van der Waals surface area contributed by atoms with E-state index in [1.165, 1.54) is 19.3 Å². The van der Waals surface area contributed by atoms with Gasteiger partial charge in [0.25, 0.3) is 0 Å². The summed E-state index contributed by atoms with van der Waals surface area (Å²) in [5.41, 5.74) is 0. The number of aliphatic hydroxyl groups is 1. The molecule has 1 aliphatic carbocycles. The van der Waals surface area contributed by atoms with Crippen molar-refractivity contribution in [3.8, 4) is 0 Å². The minimum absolute atomic E-state index is 0.148. The highest BCUT2D eigenvalue weighted by Crippen LogP contribution is 2.28. The maximum atomic E-state index is 9.72. The molecule has 3 N–H and O–H groups in total. The summed E-state index contributed by atoms with van der Waals surface area (Å²) < 4.78 is 0. The average Bonchev–Trinajstić information content (AvgIpc) is 2.63. The van der Waals surface area contributed by atoms with E-state index in [0.29, 0.717) is 12.0 Å². The molecule has 0 aromatic carbocycles. The molecule has 0 spiro atoms. The summed E-state index contributed by atoms with van der Waals surface area (Å²) in [5.74, 6) is 2.09. The van der Waals surface area contributed by atoms with E-state index in [1.54, 1.807) is 0 Å². The van der Waals surface area contributed by atoms with Crippen LogP contribution in [0.1, 0.15) is 33.1 Å². The second kappa shape index (κ2) is 5.48. The second-order valence-corrected chi connectivity index (χ2v) is 5.90. The van der Waals surface area contributed by atoms with E-state index >= 15 is 0 Å². The highest BCUT2D eigenvalue weighted by Gasteiger charge is 2.28. The van der Waals surface area contributed by atoms with Crippen LogP contribution in [0.4, 0.5) is 0 Å². The third-order valence-electron chi connectivity index (χ3n) is 4.38. The summed E-state index contributed by atoms with van der Waals surface area (Å²) in [7, 11) is 0. The van der Waals surface area contributed by atoms with E-state index in [-0.39, 0.29) is 6.10 Å². The number of hydrogen-bond acceptors (Lipinski definition) is 3. The van der Waals surface area contributed by atoms with Gasteiger partial charge in [-0.15, -0.1) is 0 Å². The number of hydrogen-bond donors (Lipinski definition) is 3. The van der Waals surface area contributed by atoms with Crippen LogP contribution in [0.5, 0.6) is 0 Å². The molecule has 3 heteroatoms. The fourth-order valence-electron chi connectivity index (χ4n) is 3.20. The highest BCUT2D eigenvalue weighted by atomic mass is 16.3. The van der Waals surface area contributed by atoms with Gasteiger partial charge < -0.3 is 15.7 Å². The molecule has 0 bridgehead atoms. The van der Waals surface area contributed by atoms with Crippen LogP contribution >= 0.6 is 0 Å². The molecule has 1 saturated carbocycles. The SMILES string of the molecule is CC1CCC(NCC2CNCC2O)C(C)C1. The van der Waals surface area contributed by atoms with Gasteiger partial charge in [-0.05, 0) is 31.1 Å². The average molecular weight is 226 g/mol. The minimum atomic E-state index is -0.148. The molecule has 2 aliphatic rings. The Bertz CT molecular complexity index is 222. The van der Waals surface area contributed by atoms with Crippen LogP contribution in [-0.4, -0.2) is 36.9 Å². The molecule has 2 fully saturated rings. The minimum Gasteiger partial charge on any atom is -0.391 e. The van der Waals surface area contributed by atoms with Crippen LogP contribution in [0.3, 0.4) is 0 Å². The Kier molecular flexibility index (Phi) is 4.22. The molecule has 1 saturated heterocycles. The van der Waals surface area contributed by atoms with Crippen molar-refractivity contribution < 1.29 is 5.11 Å². The molecule has 94 valence electrons. The van der Waals surface area contributed by atoms with E-state index in [0.717, 1.165) is 31.5 Å². The Morgan fingerprint density at radius 1 is 1.25 bits per heavy atom. The number of nitrogens with one attached hydrogen (secondary N) is 2. The molecule has 0 amide bonds. The zero-order valence-corrected chi connectivity index (χ0v) is 10.6. The first-order valence-electron chi connectivity index (χ1n) is 6.79. The molecule has 0 radical (unpaired) electrons. The number of β-amino-alcohol motifs (C(OH)–C–C–N with tert-alkyl or cyclic N) is 1. The maximum absolute atomic E-state index is 9.72. The van der Waals surface area contributed by atoms with Gasteiger partial charge in [-0.25, -0.2) is 0 Å². The Morgan fingerprint density at radius 3 is 2.69 bits per heavy atom. The molecule has 2 rings (SSSR count). The molecular formula is C13H26N2O. The van der Waals surface area contributed by atoms with Gasteiger partial charge in [0, 0.05) is 31.6 Å². The lowest BCUT2D eigenvalue weighted by atomic mass is 9.80. The van der Waals surface area contributed by atoms with Crippen molar-refractivity contribution in [3.05, 3.63) is 0 Å². The van der Waals surface area contributed by atoms with Crippen molar-refractivity contribution >= 4 is 0 Å². The summed E-state index contributed by atoms with van der Waals surface area (Å²) in [4.78, 5) is 0. The van der Waals surface area contributed by atoms with Gasteiger partial charge in [0.05, 0.1) is 6.10 Å². The van der Waals surface area contributed by atoms with Crippen molar-refractivity contribution in [3.63, 3.8) is 0 Å². The first-order chi connectivity index (χ1) is 7.66. The van der Waals surface area contributed by atoms with Crippen molar-refractivity contribution in [2.24, 2.45) is 17.8 Å². The molecule has 5 atom stereocenters. The van der Waals surface area contributed by atoms with Crippen molar-refractivity contribution in [1.82, 2.24) is 10.6 Å². The topological polar surface area (TPSA) is 44.3 Å². The third kappa shape index (κ3) is 2.96. The summed E-state index contributed by atoms with van der Waals surface area (Å²) in [6.45, 7) is 7.42. The van der Waals surface area contributed by atoms with E-state index < -0.39 is 0 Å². The Hall–Kier alpha value is -0.120. The van der Waals surface area contributed by atoms with Crippen LogP contribution in [0, 0.1) is 17.8 Å². The van der Waals surface area contributed by atoms with Crippen LogP contribution in [0.15, 0.2) is 0 Å². The lowest BCUT2D eigenvalue weighted by molar-refractivity contribution is 0.137. The lowest BCUT2D eigenvalue weighted by Gasteiger charge is -2.34. The number of aliphatic hydroxyl groups excluding tert-OH is 1. The van der Waals surface area contributed by atoms with E-state index in [4.69, 9.17) is 0 Å². The van der Waals surface area contributed by atoms with E-state index in [9.17, 15) is 5.11 Å². The zero-order valence-electron chi connectivity index (χ0n) is 10.6. The second-order valence-electron chi connectivity index (χ2n) is 5.90. The molecule has 1 aliphatic heterocycles. The molecule has 0 aromatic heterocycles. The Labute approximate surface area is 99.0 Å². The molecular weight excluding hydrogens is 200 g/mol. The fraction of sp³-hybridized carbons (Fsp3) is 1.00. The molecule has 5 unspecified atom stereocenters. The van der Waals surface area contributed by atoms with Crippen LogP contribution in [0.2, 0.25) is 0 Å². The Morgan fingerprint density at radius 2 is 2.06 bits per heavy atom. The number of rotatable bonds is 3. The molecule has 3 nitrogen and oxygen atoms in total. The van der Waals surface area contributed by atoms with Crippen molar-refractivity contribution in [2.75, 3.05) is 19.6 Å². The zero-order chi connectivity index (χ0) is 11.5. The summed E-state index contributed by atoms with van der Waals surface area (Å²) in [6, 6.07) is 0.670.